The van der Waals surface area contributed by atoms with Gasteiger partial charge in [-0.25, -0.2) is 4.98 Å². The molecule has 0 aliphatic heterocycles. The highest BCUT2D eigenvalue weighted by Gasteiger charge is 2.30. The summed E-state index contributed by atoms with van der Waals surface area (Å²) in [5.41, 5.74) is 1.59. The van der Waals surface area contributed by atoms with Crippen LogP contribution in [0.5, 0.6) is 0 Å². The number of carbonyl (C=O) groups excluding carboxylic acids is 1. The second kappa shape index (κ2) is 9.40. The van der Waals surface area contributed by atoms with Gasteiger partial charge in [-0.3, -0.25) is 14.2 Å². The van der Waals surface area contributed by atoms with Gasteiger partial charge in [-0.1, -0.05) is 11.8 Å². The summed E-state index contributed by atoms with van der Waals surface area (Å²) in [6, 6.07) is 1.48. The second-order valence-electron chi connectivity index (χ2n) is 7.51. The lowest BCUT2D eigenvalue weighted by molar-refractivity contribution is -0.141. The molecule has 0 saturated carbocycles. The van der Waals surface area contributed by atoms with E-state index in [-0.39, 0.29) is 34.9 Å². The van der Waals surface area contributed by atoms with E-state index < -0.39 is 12.7 Å². The first-order chi connectivity index (χ1) is 14.9. The lowest BCUT2D eigenvalue weighted by Gasteiger charge is -2.13. The molecule has 0 radical (unpaired) electrons. The van der Waals surface area contributed by atoms with Crippen molar-refractivity contribution in [3.63, 3.8) is 0 Å². The minimum atomic E-state index is -4.38. The van der Waals surface area contributed by atoms with Crippen molar-refractivity contribution in [1.29, 1.82) is 0 Å². The summed E-state index contributed by atoms with van der Waals surface area (Å²) < 4.78 is 46.3. The second-order valence-corrected chi connectivity index (χ2v) is 9.65. The number of aromatic nitrogens is 3. The molecule has 0 aliphatic carbocycles. The van der Waals surface area contributed by atoms with E-state index in [0.717, 1.165) is 26.8 Å². The third-order valence-corrected chi connectivity index (χ3v) is 7.39. The van der Waals surface area contributed by atoms with Crippen LogP contribution < -0.4 is 5.56 Å². The van der Waals surface area contributed by atoms with E-state index in [0.29, 0.717) is 27.7 Å². The Balaban J connectivity index is 1.91. The zero-order valence-electron chi connectivity index (χ0n) is 18.4. The van der Waals surface area contributed by atoms with Crippen molar-refractivity contribution in [2.45, 2.75) is 52.1 Å². The number of ketones is 1. The van der Waals surface area contributed by atoms with E-state index in [1.165, 1.54) is 36.0 Å². The zero-order chi connectivity index (χ0) is 23.8. The number of ether oxygens (including phenoxy) is 1. The topological polar surface area (TPSA) is 66.1 Å². The fourth-order valence-electron chi connectivity index (χ4n) is 3.51. The number of thiophene rings is 1. The van der Waals surface area contributed by atoms with Crippen molar-refractivity contribution < 1.29 is 22.7 Å². The maximum absolute atomic E-state index is 13.1. The summed E-state index contributed by atoms with van der Waals surface area (Å²) in [7, 11) is 1.53. The van der Waals surface area contributed by atoms with Crippen molar-refractivity contribution >= 4 is 39.1 Å². The Labute approximate surface area is 191 Å². The van der Waals surface area contributed by atoms with E-state index in [4.69, 9.17) is 4.74 Å². The number of carbonyl (C=O) groups is 1. The molecule has 0 spiro atoms. The number of halogens is 3. The Morgan fingerprint density at radius 1 is 1.22 bits per heavy atom. The number of Topliss-reactive ketones (excluding diaryl/α,β-unsaturated/α-hetero) is 1. The Morgan fingerprint density at radius 3 is 2.53 bits per heavy atom. The van der Waals surface area contributed by atoms with Crippen LogP contribution in [-0.2, 0) is 17.8 Å². The third kappa shape index (κ3) is 4.94. The molecule has 0 N–H and O–H groups in total. The lowest BCUT2D eigenvalue weighted by Crippen LogP contribution is -2.25. The molecular weight excluding hydrogens is 463 g/mol. The van der Waals surface area contributed by atoms with Crippen LogP contribution in [0.15, 0.2) is 16.0 Å². The molecule has 3 aromatic rings. The first-order valence-electron chi connectivity index (χ1n) is 9.83. The molecule has 3 aromatic heterocycles. The molecule has 0 saturated heterocycles. The summed E-state index contributed by atoms with van der Waals surface area (Å²) in [4.78, 5) is 32.2. The Morgan fingerprint density at radius 2 is 1.91 bits per heavy atom. The number of alkyl halides is 3. The van der Waals surface area contributed by atoms with Gasteiger partial charge in [-0.05, 0) is 39.3 Å². The molecule has 3 heterocycles. The highest BCUT2D eigenvalue weighted by molar-refractivity contribution is 7.99. The number of hydrogen-bond acceptors (Lipinski definition) is 6. The van der Waals surface area contributed by atoms with Crippen molar-refractivity contribution in [3.8, 4) is 0 Å². The van der Waals surface area contributed by atoms with Gasteiger partial charge in [-0.2, -0.15) is 13.2 Å². The highest BCUT2D eigenvalue weighted by atomic mass is 32.2. The highest BCUT2D eigenvalue weighted by Crippen LogP contribution is 2.29. The van der Waals surface area contributed by atoms with Crippen molar-refractivity contribution in [3.05, 3.63) is 43.8 Å². The number of hydrogen-bond donors (Lipinski definition) is 0. The van der Waals surface area contributed by atoms with E-state index in [1.807, 2.05) is 13.8 Å². The van der Waals surface area contributed by atoms with Gasteiger partial charge in [0.15, 0.2) is 10.9 Å². The minimum absolute atomic E-state index is 0.0510. The molecule has 0 bridgehead atoms. The fourth-order valence-corrected chi connectivity index (χ4v) is 5.49. The molecular formula is C21H24F3N3O3S2. The largest absolute Gasteiger partial charge is 0.406 e. The van der Waals surface area contributed by atoms with Crippen molar-refractivity contribution in [2.24, 2.45) is 0 Å². The average molecular weight is 488 g/mol. The van der Waals surface area contributed by atoms with Crippen molar-refractivity contribution in [2.75, 3.05) is 19.5 Å². The molecule has 0 aliphatic rings. The van der Waals surface area contributed by atoms with Gasteiger partial charge in [-0.15, -0.1) is 11.3 Å². The van der Waals surface area contributed by atoms with E-state index in [9.17, 15) is 22.8 Å². The summed E-state index contributed by atoms with van der Waals surface area (Å²) in [6.07, 6.45) is -4.38. The van der Waals surface area contributed by atoms with Crippen LogP contribution in [0.2, 0.25) is 0 Å². The fraction of sp³-hybridized carbons (Fsp3) is 0.476. The van der Waals surface area contributed by atoms with Crippen LogP contribution in [0.1, 0.15) is 32.2 Å². The standard InChI is InChI=1S/C21H24F3N3O3S2/c1-11-8-15(13(3)27(11)10-21(22,23)24)16(28)9-31-20-25-18-17(12(2)14(4)32-18)19(29)26(20)6-7-30-5/h8H,6-7,9-10H2,1-5H3. The van der Waals surface area contributed by atoms with Crippen LogP contribution >= 0.6 is 23.1 Å². The predicted octanol–water partition coefficient (Wildman–Crippen LogP) is 4.68. The normalized spacial score (nSPS) is 12.1. The summed E-state index contributed by atoms with van der Waals surface area (Å²) >= 11 is 2.52. The maximum Gasteiger partial charge on any atom is 0.406 e. The molecule has 0 aromatic carbocycles. The van der Waals surface area contributed by atoms with E-state index in [2.05, 4.69) is 4.98 Å². The Kier molecular flexibility index (Phi) is 7.21. The SMILES string of the molecule is COCCn1c(SCC(=O)c2cc(C)n(CC(F)(F)F)c2C)nc2sc(C)c(C)c2c1=O. The quantitative estimate of drug-likeness (QED) is 0.262. The van der Waals surface area contributed by atoms with Crippen LogP contribution in [0.3, 0.4) is 0 Å². The first kappa shape index (κ1) is 24.5. The Bertz CT molecular complexity index is 1230. The number of aryl methyl sites for hydroxylation is 3. The van der Waals surface area contributed by atoms with Gasteiger partial charge >= 0.3 is 6.18 Å². The van der Waals surface area contributed by atoms with Gasteiger partial charge in [0.25, 0.3) is 5.56 Å². The van der Waals surface area contributed by atoms with Gasteiger partial charge in [0, 0.05) is 28.9 Å². The van der Waals surface area contributed by atoms with Gasteiger partial charge in [0.05, 0.1) is 24.3 Å². The van der Waals surface area contributed by atoms with Gasteiger partial charge in [0.2, 0.25) is 0 Å². The number of nitrogens with zero attached hydrogens (tertiary/aromatic N) is 3. The molecule has 0 fully saturated rings. The minimum Gasteiger partial charge on any atom is -0.383 e. The molecule has 3 rings (SSSR count). The molecule has 32 heavy (non-hydrogen) atoms. The smallest absolute Gasteiger partial charge is 0.383 e. The Hall–Kier alpha value is -2.11. The zero-order valence-corrected chi connectivity index (χ0v) is 20.1. The first-order valence-corrected chi connectivity index (χ1v) is 11.6. The van der Waals surface area contributed by atoms with Crippen LogP contribution in [0.25, 0.3) is 10.2 Å². The monoisotopic (exact) mass is 487 g/mol. The van der Waals surface area contributed by atoms with Gasteiger partial charge < -0.3 is 9.30 Å². The van der Waals surface area contributed by atoms with Crippen LogP contribution in [-0.4, -0.2) is 45.5 Å². The lowest BCUT2D eigenvalue weighted by atomic mass is 10.2. The van der Waals surface area contributed by atoms with Crippen LogP contribution in [0, 0.1) is 27.7 Å². The van der Waals surface area contributed by atoms with Crippen molar-refractivity contribution in [1.82, 2.24) is 14.1 Å². The molecule has 0 amide bonds. The van der Waals surface area contributed by atoms with Crippen LogP contribution in [0.4, 0.5) is 13.2 Å². The van der Waals surface area contributed by atoms with Gasteiger partial charge in [0.1, 0.15) is 11.4 Å². The molecule has 174 valence electrons. The van der Waals surface area contributed by atoms with E-state index in [1.54, 1.807) is 6.92 Å². The molecule has 0 unspecified atom stereocenters. The average Bonchev–Trinajstić information content (AvgIpc) is 3.14. The third-order valence-electron chi connectivity index (χ3n) is 5.32. The molecule has 0 atom stereocenters. The number of thioether (sulfide) groups is 1. The van der Waals surface area contributed by atoms with E-state index >= 15 is 0 Å². The number of methoxy groups -OCH3 is 1. The summed E-state index contributed by atoms with van der Waals surface area (Å²) in [6.45, 7) is 6.29. The number of fused-ring (bicyclic) bond motifs is 1. The molecule has 6 nitrogen and oxygen atoms in total. The molecule has 11 heteroatoms. The maximum atomic E-state index is 13.1. The predicted molar refractivity (Wildman–Crippen MR) is 120 cm³/mol. The summed E-state index contributed by atoms with van der Waals surface area (Å²) in [5.74, 6) is -0.368. The number of rotatable bonds is 8. The summed E-state index contributed by atoms with van der Waals surface area (Å²) in [5, 5.41) is 0.952.